The number of benzene rings is 6. The molecule has 0 aliphatic rings. The number of aryl methyl sites for hydroxylation is 2. The highest BCUT2D eigenvalue weighted by molar-refractivity contribution is 7.81. The van der Waals surface area contributed by atoms with E-state index in [1.165, 1.54) is 65.0 Å². The Morgan fingerprint density at radius 2 is 0.587 bits per heavy atom. The summed E-state index contributed by atoms with van der Waals surface area (Å²) >= 11 is 0. The Bertz CT molecular complexity index is 2030. The minimum atomic E-state index is -0.878. The fourth-order valence-corrected chi connectivity index (χ4v) is 12.2. The molecule has 0 unspecified atom stereocenters. The molecule has 2 nitrogen and oxygen atoms in total. The molecular weight excluding hydrogens is 594 g/mol. The summed E-state index contributed by atoms with van der Waals surface area (Å²) in [7, 11) is 2.77. The van der Waals surface area contributed by atoms with Crippen LogP contribution in [0.1, 0.15) is 0 Å². The number of fused-ring (bicyclic) bond motifs is 2. The van der Waals surface area contributed by atoms with Crippen LogP contribution in [-0.2, 0) is 14.1 Å². The maximum absolute atomic E-state index is 2.47. The second-order valence-electron chi connectivity index (χ2n) is 11.6. The maximum atomic E-state index is 2.47. The fourth-order valence-electron chi connectivity index (χ4n) is 6.86. The SMILES string of the molecule is Cn1c(-c2c(P(c3ccccc3)c3ccccc3)c3ccccc3n2C)c(P(c2ccccc2)c2ccccc2)c2ccccc21. The Hall–Kier alpha value is -4.74. The third-order valence-corrected chi connectivity index (χ3v) is 13.9. The molecule has 222 valence electrons. The van der Waals surface area contributed by atoms with Crippen LogP contribution in [0.3, 0.4) is 0 Å². The highest BCUT2D eigenvalue weighted by atomic mass is 31.1. The van der Waals surface area contributed by atoms with Crippen LogP contribution in [0.4, 0.5) is 0 Å². The summed E-state index contributed by atoms with van der Waals surface area (Å²) in [5, 5.41) is 10.9. The summed E-state index contributed by atoms with van der Waals surface area (Å²) in [5.74, 6) is 0. The molecule has 8 rings (SSSR count). The average molecular weight is 629 g/mol. The maximum Gasteiger partial charge on any atom is 0.0748 e. The van der Waals surface area contributed by atoms with Crippen LogP contribution < -0.4 is 31.8 Å². The van der Waals surface area contributed by atoms with E-state index < -0.39 is 15.8 Å². The van der Waals surface area contributed by atoms with Gasteiger partial charge in [-0.15, -0.1) is 0 Å². The molecular formula is C42H34N2P2. The molecule has 0 fully saturated rings. The molecule has 0 bridgehead atoms. The van der Waals surface area contributed by atoms with E-state index in [1.54, 1.807) is 0 Å². The molecule has 0 radical (unpaired) electrons. The third kappa shape index (κ3) is 4.81. The number of nitrogens with zero attached hydrogens (tertiary/aromatic N) is 2. The van der Waals surface area contributed by atoms with Gasteiger partial charge >= 0.3 is 0 Å². The first-order valence-corrected chi connectivity index (χ1v) is 18.4. The molecule has 0 aliphatic heterocycles. The van der Waals surface area contributed by atoms with Crippen LogP contribution in [0, 0.1) is 0 Å². The Labute approximate surface area is 273 Å². The lowest BCUT2D eigenvalue weighted by molar-refractivity contribution is 0.928. The zero-order valence-corrected chi connectivity index (χ0v) is 27.7. The Morgan fingerprint density at radius 1 is 0.326 bits per heavy atom. The normalized spacial score (nSPS) is 11.7. The van der Waals surface area contributed by atoms with Gasteiger partial charge in [0.25, 0.3) is 0 Å². The van der Waals surface area contributed by atoms with Crippen molar-refractivity contribution in [3.05, 3.63) is 170 Å². The van der Waals surface area contributed by atoms with Crippen LogP contribution >= 0.6 is 15.8 Å². The van der Waals surface area contributed by atoms with Gasteiger partial charge < -0.3 is 9.13 Å². The summed E-state index contributed by atoms with van der Waals surface area (Å²) < 4.78 is 4.93. The molecule has 2 aromatic heterocycles. The van der Waals surface area contributed by atoms with Crippen LogP contribution in [0.25, 0.3) is 33.2 Å². The first-order valence-electron chi connectivity index (χ1n) is 15.7. The van der Waals surface area contributed by atoms with Gasteiger partial charge in [-0.05, 0) is 49.2 Å². The Balaban J connectivity index is 1.54. The van der Waals surface area contributed by atoms with E-state index in [9.17, 15) is 0 Å². The molecule has 0 N–H and O–H groups in total. The van der Waals surface area contributed by atoms with E-state index in [1.807, 2.05) is 0 Å². The Morgan fingerprint density at radius 3 is 0.891 bits per heavy atom. The number of aromatic nitrogens is 2. The second-order valence-corrected chi connectivity index (χ2v) is 15.9. The number of para-hydroxylation sites is 2. The number of hydrogen-bond acceptors (Lipinski definition) is 0. The topological polar surface area (TPSA) is 9.86 Å². The lowest BCUT2D eigenvalue weighted by Gasteiger charge is -2.24. The monoisotopic (exact) mass is 628 g/mol. The van der Waals surface area contributed by atoms with Gasteiger partial charge in [0.1, 0.15) is 0 Å². The smallest absolute Gasteiger partial charge is 0.0748 e. The highest BCUT2D eigenvalue weighted by Crippen LogP contribution is 2.46. The van der Waals surface area contributed by atoms with Gasteiger partial charge in [-0.2, -0.15) is 0 Å². The quantitative estimate of drug-likeness (QED) is 0.159. The van der Waals surface area contributed by atoms with Gasteiger partial charge in [0, 0.05) is 46.5 Å². The predicted molar refractivity (Wildman–Crippen MR) is 202 cm³/mol. The van der Waals surface area contributed by atoms with Crippen molar-refractivity contribution < 1.29 is 0 Å². The highest BCUT2D eigenvalue weighted by Gasteiger charge is 2.33. The lowest BCUT2D eigenvalue weighted by Crippen LogP contribution is -2.26. The number of hydrogen-bond donors (Lipinski definition) is 0. The van der Waals surface area contributed by atoms with Crippen LogP contribution in [0.15, 0.2) is 170 Å². The van der Waals surface area contributed by atoms with Crippen LogP contribution in [-0.4, -0.2) is 9.13 Å². The van der Waals surface area contributed by atoms with Gasteiger partial charge in [-0.25, -0.2) is 0 Å². The summed E-state index contributed by atoms with van der Waals surface area (Å²) in [4.78, 5) is 0. The van der Waals surface area contributed by atoms with E-state index in [4.69, 9.17) is 0 Å². The van der Waals surface area contributed by atoms with Crippen molar-refractivity contribution in [1.82, 2.24) is 9.13 Å². The molecule has 0 saturated heterocycles. The summed E-state index contributed by atoms with van der Waals surface area (Å²) in [5.41, 5.74) is 5.11. The van der Waals surface area contributed by atoms with Gasteiger partial charge in [0.05, 0.1) is 11.4 Å². The van der Waals surface area contributed by atoms with Crippen LogP contribution in [0.2, 0.25) is 0 Å². The first kappa shape index (κ1) is 28.7. The summed E-state index contributed by atoms with van der Waals surface area (Å²) in [6.07, 6.45) is 0. The van der Waals surface area contributed by atoms with Crippen molar-refractivity contribution in [1.29, 1.82) is 0 Å². The van der Waals surface area contributed by atoms with Crippen molar-refractivity contribution in [2.24, 2.45) is 14.1 Å². The molecule has 0 atom stereocenters. The minimum absolute atomic E-state index is 0.878. The van der Waals surface area contributed by atoms with E-state index in [2.05, 4.69) is 193 Å². The van der Waals surface area contributed by atoms with Crippen molar-refractivity contribution >= 4 is 69.5 Å². The van der Waals surface area contributed by atoms with Crippen molar-refractivity contribution in [3.8, 4) is 11.4 Å². The van der Waals surface area contributed by atoms with Gasteiger partial charge in [-0.1, -0.05) is 158 Å². The molecule has 0 aliphatic carbocycles. The van der Waals surface area contributed by atoms with E-state index >= 15 is 0 Å². The van der Waals surface area contributed by atoms with E-state index in [-0.39, 0.29) is 0 Å². The first-order chi connectivity index (χ1) is 22.7. The lowest BCUT2D eigenvalue weighted by atomic mass is 10.2. The zero-order chi connectivity index (χ0) is 31.0. The van der Waals surface area contributed by atoms with Crippen LogP contribution in [0.5, 0.6) is 0 Å². The molecule has 0 amide bonds. The molecule has 2 heterocycles. The van der Waals surface area contributed by atoms with Gasteiger partial charge in [-0.3, -0.25) is 0 Å². The Kier molecular flexibility index (Phi) is 7.63. The minimum Gasteiger partial charge on any atom is -0.342 e. The van der Waals surface area contributed by atoms with Gasteiger partial charge in [0.2, 0.25) is 0 Å². The molecule has 46 heavy (non-hydrogen) atoms. The average Bonchev–Trinajstić information content (AvgIpc) is 3.57. The molecule has 0 spiro atoms. The molecule has 0 saturated carbocycles. The van der Waals surface area contributed by atoms with Crippen molar-refractivity contribution in [2.75, 3.05) is 0 Å². The van der Waals surface area contributed by atoms with Crippen molar-refractivity contribution in [3.63, 3.8) is 0 Å². The molecule has 8 aromatic rings. The molecule has 6 aromatic carbocycles. The zero-order valence-electron chi connectivity index (χ0n) is 26.0. The van der Waals surface area contributed by atoms with E-state index in [0.717, 1.165) is 0 Å². The summed E-state index contributed by atoms with van der Waals surface area (Å²) in [6, 6.07) is 62.5. The predicted octanol–water partition coefficient (Wildman–Crippen LogP) is 7.85. The third-order valence-electron chi connectivity index (χ3n) is 8.89. The fraction of sp³-hybridized carbons (Fsp3) is 0.0476. The number of rotatable bonds is 7. The van der Waals surface area contributed by atoms with E-state index in [0.29, 0.717) is 0 Å². The second kappa shape index (κ2) is 12.2. The van der Waals surface area contributed by atoms with Gasteiger partial charge in [0.15, 0.2) is 0 Å². The largest absolute Gasteiger partial charge is 0.342 e. The molecule has 4 heteroatoms. The van der Waals surface area contributed by atoms with Crippen molar-refractivity contribution in [2.45, 2.75) is 0 Å². The standard InChI is InChI=1S/C42H34N2P2/c1-43-37-29-17-15-27-35(37)41(45(31-19-7-3-8-20-31)32-21-9-4-10-22-32)39(43)40-42(36-28-16-18-30-38(36)44(40)2)46(33-23-11-5-12-24-33)34-25-13-6-14-26-34/h3-30H,1-2H3. The summed E-state index contributed by atoms with van der Waals surface area (Å²) in [6.45, 7) is 0.